The Bertz CT molecular complexity index is 824. The van der Waals surface area contributed by atoms with Crippen LogP contribution in [0.3, 0.4) is 0 Å². The fourth-order valence-corrected chi connectivity index (χ4v) is 2.69. The second-order valence-corrected chi connectivity index (χ2v) is 5.26. The van der Waals surface area contributed by atoms with Gasteiger partial charge in [0.2, 0.25) is 0 Å². The zero-order valence-electron chi connectivity index (χ0n) is 11.8. The Balaban J connectivity index is 1.88. The van der Waals surface area contributed by atoms with Crippen molar-refractivity contribution in [1.82, 2.24) is 9.97 Å². The first kappa shape index (κ1) is 14.0. The monoisotopic (exact) mass is 308 g/mol. The molecule has 2 aromatic heterocycles. The summed E-state index contributed by atoms with van der Waals surface area (Å²) in [4.78, 5) is 12.1. The number of nitrogens with zero attached hydrogens (tertiary/aromatic N) is 3. The molecule has 22 heavy (non-hydrogen) atoms. The molecular formula is C16H12N4OS. The fourth-order valence-electron chi connectivity index (χ4n) is 1.96. The van der Waals surface area contributed by atoms with E-state index in [0.29, 0.717) is 11.4 Å². The number of pyridine rings is 1. The van der Waals surface area contributed by atoms with E-state index in [2.05, 4.69) is 20.1 Å². The first-order chi connectivity index (χ1) is 10.8. The average molecular weight is 308 g/mol. The van der Waals surface area contributed by atoms with Gasteiger partial charge in [-0.3, -0.25) is 4.98 Å². The van der Waals surface area contributed by atoms with Crippen LogP contribution in [-0.2, 0) is 0 Å². The molecule has 0 bridgehead atoms. The van der Waals surface area contributed by atoms with Gasteiger partial charge < -0.3 is 10.1 Å². The summed E-state index contributed by atoms with van der Waals surface area (Å²) in [6.07, 6.45) is 3.51. The smallest absolute Gasteiger partial charge is 0.189 e. The molecule has 0 saturated heterocycles. The highest BCUT2D eigenvalue weighted by atomic mass is 32.1. The Hall–Kier alpha value is -2.91. The SMILES string of the molecule is [C-]#[N+]c1ccc(OC)c(Nc2nc(-c3cccnc3)cs2)c1. The maximum absolute atomic E-state index is 7.10. The molecule has 0 unspecified atom stereocenters. The quantitative estimate of drug-likeness (QED) is 0.721. The molecular weight excluding hydrogens is 296 g/mol. The number of thiazole rings is 1. The van der Waals surface area contributed by atoms with Gasteiger partial charge in [-0.1, -0.05) is 6.07 Å². The van der Waals surface area contributed by atoms with Crippen molar-refractivity contribution in [2.75, 3.05) is 12.4 Å². The second kappa shape index (κ2) is 6.24. The number of methoxy groups -OCH3 is 1. The summed E-state index contributed by atoms with van der Waals surface area (Å²) in [6, 6.07) is 9.08. The van der Waals surface area contributed by atoms with E-state index in [1.165, 1.54) is 11.3 Å². The van der Waals surface area contributed by atoms with E-state index in [0.717, 1.165) is 22.1 Å². The normalized spacial score (nSPS) is 10.0. The number of aromatic nitrogens is 2. The highest BCUT2D eigenvalue weighted by Gasteiger charge is 2.09. The van der Waals surface area contributed by atoms with Gasteiger partial charge >= 0.3 is 0 Å². The molecule has 3 aromatic rings. The summed E-state index contributed by atoms with van der Waals surface area (Å²) in [5, 5.41) is 5.91. The molecule has 108 valence electrons. The molecule has 2 heterocycles. The van der Waals surface area contributed by atoms with Crippen LogP contribution in [0.5, 0.6) is 5.75 Å². The molecule has 6 heteroatoms. The largest absolute Gasteiger partial charge is 0.495 e. The van der Waals surface area contributed by atoms with E-state index in [1.807, 2.05) is 17.5 Å². The van der Waals surface area contributed by atoms with E-state index in [-0.39, 0.29) is 0 Å². The number of ether oxygens (including phenoxy) is 1. The van der Waals surface area contributed by atoms with Crippen LogP contribution in [0.25, 0.3) is 16.1 Å². The van der Waals surface area contributed by atoms with Crippen molar-refractivity contribution >= 4 is 27.8 Å². The molecule has 0 amide bonds. The summed E-state index contributed by atoms with van der Waals surface area (Å²) in [5.74, 6) is 0.672. The van der Waals surface area contributed by atoms with Crippen molar-refractivity contribution in [3.8, 4) is 17.0 Å². The van der Waals surface area contributed by atoms with Gasteiger partial charge in [-0.05, 0) is 24.3 Å². The Morgan fingerprint density at radius 3 is 2.95 bits per heavy atom. The summed E-state index contributed by atoms with van der Waals surface area (Å²) in [5.41, 5.74) is 3.10. The van der Waals surface area contributed by atoms with E-state index in [1.54, 1.807) is 37.7 Å². The molecule has 0 saturated carbocycles. The number of anilines is 2. The van der Waals surface area contributed by atoms with Crippen molar-refractivity contribution < 1.29 is 4.74 Å². The maximum Gasteiger partial charge on any atom is 0.189 e. The Morgan fingerprint density at radius 1 is 1.32 bits per heavy atom. The first-order valence-corrected chi connectivity index (χ1v) is 7.36. The lowest BCUT2D eigenvalue weighted by molar-refractivity contribution is 0.417. The van der Waals surface area contributed by atoms with Crippen molar-refractivity contribution in [2.45, 2.75) is 0 Å². The van der Waals surface area contributed by atoms with E-state index < -0.39 is 0 Å². The predicted octanol–water partition coefficient (Wildman–Crippen LogP) is 4.51. The summed E-state index contributed by atoms with van der Waals surface area (Å²) in [6.45, 7) is 7.10. The van der Waals surface area contributed by atoms with Gasteiger partial charge in [0.1, 0.15) is 5.75 Å². The van der Waals surface area contributed by atoms with Crippen LogP contribution in [0.4, 0.5) is 16.5 Å². The molecule has 3 rings (SSSR count). The lowest BCUT2D eigenvalue weighted by atomic mass is 10.2. The Labute approximate surface area is 132 Å². The number of hydrogen-bond acceptors (Lipinski definition) is 5. The van der Waals surface area contributed by atoms with Crippen molar-refractivity contribution in [3.05, 3.63) is 59.5 Å². The first-order valence-electron chi connectivity index (χ1n) is 6.48. The predicted molar refractivity (Wildman–Crippen MR) is 87.9 cm³/mol. The van der Waals surface area contributed by atoms with Gasteiger partial charge in [-0.2, -0.15) is 0 Å². The van der Waals surface area contributed by atoms with Crippen LogP contribution in [0.15, 0.2) is 48.1 Å². The van der Waals surface area contributed by atoms with Gasteiger partial charge in [-0.15, -0.1) is 11.3 Å². The zero-order valence-corrected chi connectivity index (χ0v) is 12.6. The lowest BCUT2D eigenvalue weighted by Crippen LogP contribution is -1.94. The van der Waals surface area contributed by atoms with Crippen molar-refractivity contribution in [1.29, 1.82) is 0 Å². The molecule has 0 fully saturated rings. The Kier molecular flexibility index (Phi) is 3.99. The lowest BCUT2D eigenvalue weighted by Gasteiger charge is -2.09. The van der Waals surface area contributed by atoms with E-state index in [4.69, 9.17) is 11.3 Å². The molecule has 0 atom stereocenters. The van der Waals surface area contributed by atoms with E-state index >= 15 is 0 Å². The van der Waals surface area contributed by atoms with Crippen LogP contribution < -0.4 is 10.1 Å². The van der Waals surface area contributed by atoms with Crippen LogP contribution >= 0.6 is 11.3 Å². The summed E-state index contributed by atoms with van der Waals surface area (Å²) < 4.78 is 5.31. The highest BCUT2D eigenvalue weighted by Crippen LogP contribution is 2.33. The van der Waals surface area contributed by atoms with Crippen LogP contribution in [-0.4, -0.2) is 17.1 Å². The third kappa shape index (κ3) is 2.90. The molecule has 0 aliphatic carbocycles. The van der Waals surface area contributed by atoms with Crippen LogP contribution in [0, 0.1) is 6.57 Å². The zero-order chi connectivity index (χ0) is 15.4. The second-order valence-electron chi connectivity index (χ2n) is 4.40. The fraction of sp³-hybridized carbons (Fsp3) is 0.0625. The third-order valence-electron chi connectivity index (χ3n) is 3.02. The summed E-state index contributed by atoms with van der Waals surface area (Å²) >= 11 is 1.49. The van der Waals surface area contributed by atoms with Crippen molar-refractivity contribution in [3.63, 3.8) is 0 Å². The number of nitrogens with one attached hydrogen (secondary N) is 1. The molecule has 0 spiro atoms. The molecule has 0 aliphatic rings. The molecule has 5 nitrogen and oxygen atoms in total. The minimum absolute atomic E-state index is 0.548. The van der Waals surface area contributed by atoms with Gasteiger partial charge in [0.05, 0.1) is 25.1 Å². The Morgan fingerprint density at radius 2 is 2.23 bits per heavy atom. The third-order valence-corrected chi connectivity index (χ3v) is 3.77. The van der Waals surface area contributed by atoms with Crippen LogP contribution in [0.2, 0.25) is 0 Å². The minimum atomic E-state index is 0.548. The number of benzene rings is 1. The average Bonchev–Trinajstić information content (AvgIpc) is 3.04. The van der Waals surface area contributed by atoms with Crippen LogP contribution in [0.1, 0.15) is 0 Å². The molecule has 1 N–H and O–H groups in total. The maximum atomic E-state index is 7.10. The van der Waals surface area contributed by atoms with Gasteiger partial charge in [0.25, 0.3) is 0 Å². The topological polar surface area (TPSA) is 51.4 Å². The molecule has 0 aliphatic heterocycles. The van der Waals surface area contributed by atoms with Gasteiger partial charge in [-0.25, -0.2) is 9.83 Å². The molecule has 0 radical (unpaired) electrons. The number of hydrogen-bond donors (Lipinski definition) is 1. The number of rotatable bonds is 4. The molecule has 1 aromatic carbocycles. The minimum Gasteiger partial charge on any atom is -0.495 e. The van der Waals surface area contributed by atoms with Gasteiger partial charge in [0.15, 0.2) is 10.8 Å². The highest BCUT2D eigenvalue weighted by molar-refractivity contribution is 7.14. The van der Waals surface area contributed by atoms with E-state index in [9.17, 15) is 0 Å². The standard InChI is InChI=1S/C16H12N4OS/c1-17-12-5-6-15(21-2)13(8-12)19-16-20-14(10-22-16)11-4-3-7-18-9-11/h3-10H,2H3,(H,19,20). The van der Waals surface area contributed by atoms with Crippen molar-refractivity contribution in [2.24, 2.45) is 0 Å². The summed E-state index contributed by atoms with van der Waals surface area (Å²) in [7, 11) is 1.60. The van der Waals surface area contributed by atoms with Gasteiger partial charge in [0, 0.05) is 23.3 Å².